The Hall–Kier alpha value is -2.37. The van der Waals surface area contributed by atoms with Crippen LogP contribution in [-0.2, 0) is 13.1 Å². The Morgan fingerprint density at radius 3 is 3.14 bits per heavy atom. The van der Waals surface area contributed by atoms with Crippen molar-refractivity contribution >= 4 is 11.6 Å². The predicted molar refractivity (Wildman–Crippen MR) is 82.6 cm³/mol. The first-order valence-electron chi connectivity index (χ1n) is 7.57. The van der Waals surface area contributed by atoms with Gasteiger partial charge in [-0.25, -0.2) is 9.18 Å². The van der Waals surface area contributed by atoms with E-state index in [2.05, 4.69) is 15.2 Å². The molecule has 0 radical (unpaired) electrons. The summed E-state index contributed by atoms with van der Waals surface area (Å²) in [5, 5.41) is 3.12. The van der Waals surface area contributed by atoms with Crippen molar-refractivity contribution in [2.75, 3.05) is 16.8 Å². The average molecular weight is 300 g/mol. The molecule has 3 heterocycles. The highest BCUT2D eigenvalue weighted by molar-refractivity contribution is 5.53. The van der Waals surface area contributed by atoms with Crippen LogP contribution in [0.25, 0.3) is 0 Å². The van der Waals surface area contributed by atoms with E-state index in [0.29, 0.717) is 18.4 Å². The van der Waals surface area contributed by atoms with Crippen LogP contribution in [0.5, 0.6) is 0 Å². The van der Waals surface area contributed by atoms with E-state index in [1.54, 1.807) is 10.6 Å². The number of hydrogen-bond acceptors (Lipinski definition) is 4. The number of nitrogens with zero attached hydrogens (tertiary/aromatic N) is 3. The Morgan fingerprint density at radius 1 is 1.36 bits per heavy atom. The lowest BCUT2D eigenvalue weighted by Crippen LogP contribution is -2.24. The van der Waals surface area contributed by atoms with Gasteiger partial charge in [-0.1, -0.05) is 12.1 Å². The van der Waals surface area contributed by atoms with Crippen molar-refractivity contribution in [3.8, 4) is 0 Å². The van der Waals surface area contributed by atoms with Crippen molar-refractivity contribution in [2.24, 2.45) is 0 Å². The fourth-order valence-corrected chi connectivity index (χ4v) is 3.37. The normalized spacial score (nSPS) is 19.1. The summed E-state index contributed by atoms with van der Waals surface area (Å²) >= 11 is 0. The van der Waals surface area contributed by atoms with Gasteiger partial charge in [0.2, 0.25) is 0 Å². The molecule has 2 aromatic rings. The van der Waals surface area contributed by atoms with Gasteiger partial charge in [0.15, 0.2) is 0 Å². The smallest absolute Gasteiger partial charge is 0.351 e. The molecule has 2 aliphatic heterocycles. The minimum atomic E-state index is -0.263. The lowest BCUT2D eigenvalue weighted by atomic mass is 10.2. The summed E-state index contributed by atoms with van der Waals surface area (Å²) in [7, 11) is 0. The number of halogens is 1. The number of rotatable bonds is 3. The molecular weight excluding hydrogens is 283 g/mol. The van der Waals surface area contributed by atoms with Crippen molar-refractivity contribution in [3.05, 3.63) is 52.2 Å². The number of benzene rings is 1. The standard InChI is InChI=1S/C16H17FN4O/c17-12-4-1-3-11(7-12)9-18-14-8-15-20-6-2-5-13(20)10-21(15)16(22)19-14/h1,3-4,7-8,13H,2,5-6,9-10H2,(H,18,19,22)/t13-/m0/s1. The Kier molecular flexibility index (Phi) is 3.10. The average Bonchev–Trinajstić information content (AvgIpc) is 3.07. The van der Waals surface area contributed by atoms with Gasteiger partial charge in [0.05, 0.1) is 0 Å². The van der Waals surface area contributed by atoms with Gasteiger partial charge in [-0.2, -0.15) is 4.98 Å². The minimum absolute atomic E-state index is 0.214. The summed E-state index contributed by atoms with van der Waals surface area (Å²) in [4.78, 5) is 18.5. The first kappa shape index (κ1) is 13.3. The Labute approximate surface area is 127 Å². The number of fused-ring (bicyclic) bond motifs is 3. The van der Waals surface area contributed by atoms with E-state index in [9.17, 15) is 9.18 Å². The van der Waals surface area contributed by atoms with Gasteiger partial charge in [0, 0.05) is 31.7 Å². The molecule has 0 spiro atoms. The van der Waals surface area contributed by atoms with Crippen molar-refractivity contribution in [1.29, 1.82) is 0 Å². The maximum atomic E-state index is 13.2. The largest absolute Gasteiger partial charge is 0.366 e. The molecule has 114 valence electrons. The van der Waals surface area contributed by atoms with Crippen LogP contribution < -0.4 is 15.9 Å². The highest BCUT2D eigenvalue weighted by Gasteiger charge is 2.34. The maximum absolute atomic E-state index is 13.2. The van der Waals surface area contributed by atoms with E-state index in [4.69, 9.17) is 0 Å². The molecule has 1 fully saturated rings. The van der Waals surface area contributed by atoms with E-state index in [-0.39, 0.29) is 11.5 Å². The van der Waals surface area contributed by atoms with Gasteiger partial charge in [0.25, 0.3) is 0 Å². The molecule has 1 aromatic heterocycles. The van der Waals surface area contributed by atoms with Crippen LogP contribution in [0.4, 0.5) is 16.0 Å². The van der Waals surface area contributed by atoms with Crippen LogP contribution in [0.2, 0.25) is 0 Å². The van der Waals surface area contributed by atoms with Crippen molar-refractivity contribution in [1.82, 2.24) is 9.55 Å². The van der Waals surface area contributed by atoms with E-state index < -0.39 is 0 Å². The fourth-order valence-electron chi connectivity index (χ4n) is 3.37. The monoisotopic (exact) mass is 300 g/mol. The van der Waals surface area contributed by atoms with Crippen LogP contribution in [0, 0.1) is 5.82 Å². The molecule has 0 aliphatic carbocycles. The Morgan fingerprint density at radius 2 is 2.27 bits per heavy atom. The maximum Gasteiger partial charge on any atom is 0.351 e. The third-order valence-electron chi connectivity index (χ3n) is 4.42. The summed E-state index contributed by atoms with van der Waals surface area (Å²) in [5.41, 5.74) is 0.607. The summed E-state index contributed by atoms with van der Waals surface area (Å²) < 4.78 is 14.9. The van der Waals surface area contributed by atoms with E-state index in [1.165, 1.54) is 18.6 Å². The SMILES string of the molecule is O=c1nc(NCc2cccc(F)c2)cc2n1C[C@@H]1CCCN21. The molecule has 1 saturated heterocycles. The van der Waals surface area contributed by atoms with Gasteiger partial charge in [-0.05, 0) is 30.5 Å². The molecule has 0 saturated carbocycles. The number of aromatic nitrogens is 2. The fraction of sp³-hybridized carbons (Fsp3) is 0.375. The molecule has 2 aliphatic rings. The van der Waals surface area contributed by atoms with Crippen LogP contribution in [-0.4, -0.2) is 22.1 Å². The highest BCUT2D eigenvalue weighted by Crippen LogP contribution is 2.32. The predicted octanol–water partition coefficient (Wildman–Crippen LogP) is 1.98. The summed E-state index contributed by atoms with van der Waals surface area (Å²) in [6, 6.07) is 8.76. The third-order valence-corrected chi connectivity index (χ3v) is 4.42. The van der Waals surface area contributed by atoms with E-state index in [1.807, 2.05) is 12.1 Å². The molecular formula is C16H17FN4O. The topological polar surface area (TPSA) is 50.2 Å². The van der Waals surface area contributed by atoms with E-state index in [0.717, 1.165) is 30.9 Å². The highest BCUT2D eigenvalue weighted by atomic mass is 19.1. The first-order chi connectivity index (χ1) is 10.7. The molecule has 0 bridgehead atoms. The molecule has 1 N–H and O–H groups in total. The zero-order valence-electron chi connectivity index (χ0n) is 12.1. The molecule has 22 heavy (non-hydrogen) atoms. The van der Waals surface area contributed by atoms with Gasteiger partial charge in [-0.15, -0.1) is 0 Å². The van der Waals surface area contributed by atoms with Crippen molar-refractivity contribution in [3.63, 3.8) is 0 Å². The zero-order chi connectivity index (χ0) is 15.1. The molecule has 5 nitrogen and oxygen atoms in total. The molecule has 0 unspecified atom stereocenters. The second kappa shape index (κ2) is 5.12. The lowest BCUT2D eigenvalue weighted by Gasteiger charge is -2.17. The van der Waals surface area contributed by atoms with Gasteiger partial charge in [0.1, 0.15) is 17.5 Å². The summed E-state index contributed by atoms with van der Waals surface area (Å²) in [6.45, 7) is 2.18. The summed E-state index contributed by atoms with van der Waals surface area (Å²) in [6.07, 6.45) is 2.31. The van der Waals surface area contributed by atoms with Crippen LogP contribution in [0.3, 0.4) is 0 Å². The molecule has 1 atom stereocenters. The van der Waals surface area contributed by atoms with E-state index >= 15 is 0 Å². The Bertz CT molecular complexity index is 773. The third kappa shape index (κ3) is 2.24. The Balaban J connectivity index is 1.57. The van der Waals surface area contributed by atoms with Crippen LogP contribution in [0.1, 0.15) is 18.4 Å². The first-order valence-corrected chi connectivity index (χ1v) is 7.57. The van der Waals surface area contributed by atoms with Gasteiger partial charge >= 0.3 is 5.69 Å². The zero-order valence-corrected chi connectivity index (χ0v) is 12.1. The molecule has 0 amide bonds. The van der Waals surface area contributed by atoms with Crippen LogP contribution >= 0.6 is 0 Å². The minimum Gasteiger partial charge on any atom is -0.366 e. The van der Waals surface area contributed by atoms with Crippen molar-refractivity contribution in [2.45, 2.75) is 32.0 Å². The molecule has 1 aromatic carbocycles. The van der Waals surface area contributed by atoms with Gasteiger partial charge in [-0.3, -0.25) is 4.57 Å². The second-order valence-corrected chi connectivity index (χ2v) is 5.87. The lowest BCUT2D eigenvalue weighted by molar-refractivity contribution is 0.604. The number of nitrogens with one attached hydrogen (secondary N) is 1. The van der Waals surface area contributed by atoms with Crippen molar-refractivity contribution < 1.29 is 4.39 Å². The number of hydrogen-bond donors (Lipinski definition) is 1. The van der Waals surface area contributed by atoms with Crippen LogP contribution in [0.15, 0.2) is 35.1 Å². The number of anilines is 2. The van der Waals surface area contributed by atoms with Gasteiger partial charge < -0.3 is 10.2 Å². The molecule has 4 rings (SSSR count). The summed E-state index contributed by atoms with van der Waals surface area (Å²) in [5.74, 6) is 1.23. The second-order valence-electron chi connectivity index (χ2n) is 5.87. The quantitative estimate of drug-likeness (QED) is 0.941. The molecule has 6 heteroatoms.